The summed E-state index contributed by atoms with van der Waals surface area (Å²) < 4.78 is 5.87. The summed E-state index contributed by atoms with van der Waals surface area (Å²) in [4.78, 5) is 24.8. The summed E-state index contributed by atoms with van der Waals surface area (Å²) in [7, 11) is 0. The summed E-state index contributed by atoms with van der Waals surface area (Å²) in [5.74, 6) is -0.909. The Morgan fingerprint density at radius 1 is 1.03 bits per heavy atom. The Bertz CT molecular complexity index is 994. The van der Waals surface area contributed by atoms with Crippen molar-refractivity contribution in [1.29, 1.82) is 0 Å². The molecule has 0 spiro atoms. The second kappa shape index (κ2) is 9.82. The minimum absolute atomic E-state index is 0.0474. The topological polar surface area (TPSA) is 104 Å². The Balaban J connectivity index is 1.82. The fraction of sp³-hybridized carbons (Fsp3) is 0.806. The molecule has 0 aliphatic heterocycles. The molecule has 4 rings (SSSR count). The lowest BCUT2D eigenvalue weighted by Gasteiger charge is -2.69. The van der Waals surface area contributed by atoms with E-state index >= 15 is 0 Å². The lowest BCUT2D eigenvalue weighted by Crippen LogP contribution is -2.65. The van der Waals surface area contributed by atoms with Crippen molar-refractivity contribution in [3.8, 4) is 0 Å². The van der Waals surface area contributed by atoms with Crippen LogP contribution in [-0.4, -0.2) is 45.6 Å². The molecule has 4 aliphatic carbocycles. The van der Waals surface area contributed by atoms with Crippen LogP contribution in [0.1, 0.15) is 99.8 Å². The molecule has 0 bridgehead atoms. The van der Waals surface area contributed by atoms with Gasteiger partial charge in [-0.15, -0.1) is 0 Å². The van der Waals surface area contributed by atoms with Crippen molar-refractivity contribution in [3.05, 3.63) is 22.8 Å². The van der Waals surface area contributed by atoms with Crippen LogP contribution in [0.2, 0.25) is 0 Å². The van der Waals surface area contributed by atoms with Crippen LogP contribution in [0, 0.1) is 39.9 Å². The number of allylic oxidation sites excluding steroid dienone is 2. The Kier molecular flexibility index (Phi) is 7.53. The highest BCUT2D eigenvalue weighted by Crippen LogP contribution is 2.74. The smallest absolute Gasteiger partial charge is 0.331 e. The zero-order valence-corrected chi connectivity index (χ0v) is 23.8. The summed E-state index contributed by atoms with van der Waals surface area (Å²) in [6.45, 7) is 14.5. The quantitative estimate of drug-likeness (QED) is 0.247. The number of aliphatic carboxylic acids is 1. The van der Waals surface area contributed by atoms with E-state index in [1.165, 1.54) is 6.92 Å². The molecule has 0 radical (unpaired) electrons. The van der Waals surface area contributed by atoms with Crippen molar-refractivity contribution >= 4 is 11.9 Å². The van der Waals surface area contributed by atoms with Gasteiger partial charge in [-0.2, -0.15) is 0 Å². The molecular weight excluding hydrogens is 468 g/mol. The predicted octanol–water partition coefficient (Wildman–Crippen LogP) is 5.67. The zero-order valence-electron chi connectivity index (χ0n) is 23.8. The minimum Gasteiger partial charge on any atom is -0.478 e. The first-order chi connectivity index (χ1) is 17.2. The summed E-state index contributed by atoms with van der Waals surface area (Å²) in [5, 5.41) is 32.9. The van der Waals surface area contributed by atoms with E-state index in [4.69, 9.17) is 4.74 Å². The fourth-order valence-electron chi connectivity index (χ4n) is 9.79. The van der Waals surface area contributed by atoms with Gasteiger partial charge in [0.1, 0.15) is 6.10 Å². The van der Waals surface area contributed by atoms with E-state index in [1.807, 2.05) is 19.9 Å². The number of rotatable bonds is 5. The molecule has 4 aliphatic rings. The van der Waals surface area contributed by atoms with Gasteiger partial charge in [0.05, 0.1) is 12.2 Å². The van der Waals surface area contributed by atoms with Gasteiger partial charge in [-0.25, -0.2) is 4.79 Å². The monoisotopic (exact) mass is 516 g/mol. The number of ether oxygens (including phenoxy) is 1. The number of carboxylic acid groups (broad SMARTS) is 1. The normalized spacial score (nSPS) is 46.2. The second-order valence-corrected chi connectivity index (χ2v) is 13.6. The third kappa shape index (κ3) is 4.40. The van der Waals surface area contributed by atoms with Crippen LogP contribution < -0.4 is 0 Å². The summed E-state index contributed by atoms with van der Waals surface area (Å²) in [6, 6.07) is 0. The van der Waals surface area contributed by atoms with E-state index < -0.39 is 24.1 Å². The van der Waals surface area contributed by atoms with Crippen LogP contribution in [0.15, 0.2) is 22.8 Å². The maximum Gasteiger partial charge on any atom is 0.331 e. The third-order valence-corrected chi connectivity index (χ3v) is 11.6. The number of esters is 1. The van der Waals surface area contributed by atoms with Gasteiger partial charge in [0.15, 0.2) is 0 Å². The molecule has 10 atom stereocenters. The van der Waals surface area contributed by atoms with Gasteiger partial charge >= 0.3 is 11.9 Å². The molecule has 0 heterocycles. The molecule has 4 saturated carbocycles. The third-order valence-electron chi connectivity index (χ3n) is 11.6. The lowest BCUT2D eigenvalue weighted by molar-refractivity contribution is -0.234. The van der Waals surface area contributed by atoms with Crippen LogP contribution in [0.4, 0.5) is 0 Å². The molecule has 0 aromatic rings. The molecule has 0 aromatic heterocycles. The van der Waals surface area contributed by atoms with E-state index in [9.17, 15) is 24.9 Å². The van der Waals surface area contributed by atoms with Crippen LogP contribution in [-0.2, 0) is 14.3 Å². The number of carboxylic acids is 1. The number of aliphatic hydroxyl groups excluding tert-OH is 2. The first kappa shape index (κ1) is 28.4. The lowest BCUT2D eigenvalue weighted by atomic mass is 9.36. The molecule has 4 fully saturated rings. The molecular formula is C31H48O6. The molecule has 6 heteroatoms. The summed E-state index contributed by atoms with van der Waals surface area (Å²) >= 11 is 0. The maximum absolute atomic E-state index is 12.6. The van der Waals surface area contributed by atoms with Crippen molar-refractivity contribution in [2.45, 2.75) is 118 Å². The van der Waals surface area contributed by atoms with E-state index in [-0.39, 0.29) is 40.1 Å². The van der Waals surface area contributed by atoms with Crippen molar-refractivity contribution < 1.29 is 29.6 Å². The zero-order chi connectivity index (χ0) is 27.5. The average Bonchev–Trinajstić information content (AvgIpc) is 3.05. The van der Waals surface area contributed by atoms with Gasteiger partial charge in [-0.3, -0.25) is 4.79 Å². The number of hydrogen-bond acceptors (Lipinski definition) is 5. The van der Waals surface area contributed by atoms with Gasteiger partial charge in [0.25, 0.3) is 0 Å². The highest BCUT2D eigenvalue weighted by molar-refractivity contribution is 5.88. The number of carbonyl (C=O) groups is 2. The van der Waals surface area contributed by atoms with E-state index in [1.54, 1.807) is 0 Å². The van der Waals surface area contributed by atoms with Crippen LogP contribution in [0.25, 0.3) is 0 Å². The number of fused-ring (bicyclic) bond motifs is 5. The highest BCUT2D eigenvalue weighted by Gasteiger charge is 2.70. The van der Waals surface area contributed by atoms with Gasteiger partial charge < -0.3 is 20.1 Å². The molecule has 1 unspecified atom stereocenters. The first-order valence-corrected chi connectivity index (χ1v) is 14.3. The Morgan fingerprint density at radius 3 is 2.30 bits per heavy atom. The molecule has 208 valence electrons. The standard InChI is InChI=1S/C31H48O6/c1-17(2)9-8-10-20(28(35)36)26-22-15-24(34)27-29(5)13-12-23(33)18(3)21(29)11-14-30(27,6)31(22,7)16-25(26)37-19(4)32/h9,18,21-25,27,33-34H,8,10-16H2,1-7H3,(H,35,36)/b26-20-/t18-,21-,22-,23+,24+,25-,27?,29-,30-,31-/m0/s1. The number of hydrogen-bond donors (Lipinski definition) is 3. The molecule has 0 aromatic carbocycles. The minimum atomic E-state index is -0.953. The highest BCUT2D eigenvalue weighted by atomic mass is 16.5. The Morgan fingerprint density at radius 2 is 1.70 bits per heavy atom. The largest absolute Gasteiger partial charge is 0.478 e. The van der Waals surface area contributed by atoms with Crippen LogP contribution >= 0.6 is 0 Å². The van der Waals surface area contributed by atoms with Gasteiger partial charge in [-0.1, -0.05) is 39.3 Å². The molecule has 3 N–H and O–H groups in total. The van der Waals surface area contributed by atoms with Gasteiger partial charge in [0.2, 0.25) is 0 Å². The number of aliphatic hydroxyl groups is 2. The second-order valence-electron chi connectivity index (χ2n) is 13.6. The SMILES string of the molecule is CC(=O)O[C@H]1C[C@@]2(C)[C@@H](C[C@@H](O)C3[C@]2(C)CC[C@H]2[C@H](C)[C@H](O)CC[C@]32C)/C1=C(\CCC=C(C)C)C(=O)O. The van der Waals surface area contributed by atoms with Crippen LogP contribution in [0.5, 0.6) is 0 Å². The van der Waals surface area contributed by atoms with Crippen LogP contribution in [0.3, 0.4) is 0 Å². The van der Waals surface area contributed by atoms with Gasteiger partial charge in [-0.05, 0) is 111 Å². The van der Waals surface area contributed by atoms with E-state index in [0.717, 1.165) is 36.8 Å². The van der Waals surface area contributed by atoms with E-state index in [2.05, 4.69) is 27.7 Å². The number of carbonyl (C=O) groups excluding carboxylic acids is 1. The summed E-state index contributed by atoms with van der Waals surface area (Å²) in [5.41, 5.74) is 1.57. The molecule has 0 saturated heterocycles. The molecule has 0 amide bonds. The van der Waals surface area contributed by atoms with Crippen molar-refractivity contribution in [2.75, 3.05) is 0 Å². The first-order valence-electron chi connectivity index (χ1n) is 14.3. The summed E-state index contributed by atoms with van der Waals surface area (Å²) in [6.07, 6.45) is 6.22. The van der Waals surface area contributed by atoms with E-state index in [0.29, 0.717) is 37.2 Å². The average molecular weight is 517 g/mol. The maximum atomic E-state index is 12.6. The Labute approximate surface area is 222 Å². The van der Waals surface area contributed by atoms with Crippen molar-refractivity contribution in [3.63, 3.8) is 0 Å². The van der Waals surface area contributed by atoms with Gasteiger partial charge in [0, 0.05) is 12.5 Å². The molecule has 37 heavy (non-hydrogen) atoms. The van der Waals surface area contributed by atoms with Crippen molar-refractivity contribution in [2.24, 2.45) is 39.9 Å². The molecule has 6 nitrogen and oxygen atoms in total. The Hall–Kier alpha value is -1.66. The predicted molar refractivity (Wildman–Crippen MR) is 143 cm³/mol. The fourth-order valence-corrected chi connectivity index (χ4v) is 9.79. The van der Waals surface area contributed by atoms with Crippen molar-refractivity contribution in [1.82, 2.24) is 0 Å².